The maximum absolute atomic E-state index is 13.8. The fourth-order valence-electron chi connectivity index (χ4n) is 4.90. The Bertz CT molecular complexity index is 1740. The summed E-state index contributed by atoms with van der Waals surface area (Å²) in [4.78, 5) is 32.5. The van der Waals surface area contributed by atoms with Gasteiger partial charge in [0.2, 0.25) is 0 Å². The van der Waals surface area contributed by atoms with E-state index in [9.17, 15) is 23.1 Å². The van der Waals surface area contributed by atoms with Gasteiger partial charge in [-0.3, -0.25) is 13.9 Å². The summed E-state index contributed by atoms with van der Waals surface area (Å²) in [5, 5.41) is 13.2. The van der Waals surface area contributed by atoms with Gasteiger partial charge in [0.1, 0.15) is 5.82 Å². The Hall–Kier alpha value is -3.74. The molecule has 2 aromatic heterocycles. The van der Waals surface area contributed by atoms with Crippen LogP contribution in [0.25, 0.3) is 11.2 Å². The summed E-state index contributed by atoms with van der Waals surface area (Å²) in [6.45, 7) is 5.70. The molecule has 0 aliphatic rings. The molecule has 1 atom stereocenters. The first-order valence-electron chi connectivity index (χ1n) is 14.3. The maximum Gasteiger partial charge on any atom is 0.332 e. The van der Waals surface area contributed by atoms with E-state index in [0.29, 0.717) is 74.5 Å². The number of imidazole rings is 1. The number of rotatable bonds is 14. The number of nitrogens with zero attached hydrogens (tertiary/aromatic N) is 4. The lowest BCUT2D eigenvalue weighted by atomic mass is 10.1. The first kappa shape index (κ1) is 31.2. The average Bonchev–Trinajstić information content (AvgIpc) is 3.31. The highest BCUT2D eigenvalue weighted by Crippen LogP contribution is 2.18. The Morgan fingerprint density at radius 2 is 1.60 bits per heavy atom. The fraction of sp³-hybridized carbons (Fsp3) is 0.433. The molecule has 1 unspecified atom stereocenters. The summed E-state index contributed by atoms with van der Waals surface area (Å²) in [7, 11) is -3.34. The van der Waals surface area contributed by atoms with E-state index in [1.54, 1.807) is 28.8 Å². The third-order valence-corrected chi connectivity index (χ3v) is 8.45. The van der Waals surface area contributed by atoms with E-state index in [1.165, 1.54) is 4.57 Å². The van der Waals surface area contributed by atoms with Crippen LogP contribution in [0.15, 0.2) is 63.0 Å². The zero-order valence-corrected chi connectivity index (χ0v) is 25.2. The number of sulfone groups is 1. The zero-order valence-electron chi connectivity index (χ0n) is 24.4. The van der Waals surface area contributed by atoms with Crippen molar-refractivity contribution in [1.82, 2.24) is 24.0 Å². The van der Waals surface area contributed by atoms with Gasteiger partial charge in [-0.25, -0.2) is 18.2 Å². The van der Waals surface area contributed by atoms with Gasteiger partial charge in [-0.15, -0.1) is 0 Å². The molecule has 0 aliphatic heterocycles. The van der Waals surface area contributed by atoms with E-state index in [4.69, 9.17) is 10.7 Å². The smallest absolute Gasteiger partial charge is 0.332 e. The summed E-state index contributed by atoms with van der Waals surface area (Å²) >= 11 is 0. The number of aliphatic hydroxyl groups excluding tert-OH is 1. The third-order valence-electron chi connectivity index (χ3n) is 7.32. The predicted octanol–water partition coefficient (Wildman–Crippen LogP) is 1.95. The topological polar surface area (TPSA) is 154 Å². The van der Waals surface area contributed by atoms with Crippen molar-refractivity contribution >= 4 is 26.7 Å². The van der Waals surface area contributed by atoms with E-state index in [1.807, 2.05) is 42.7 Å². The van der Waals surface area contributed by atoms with Crippen LogP contribution in [0.4, 0.5) is 5.69 Å². The number of aliphatic hydroxyl groups is 1. The van der Waals surface area contributed by atoms with Crippen LogP contribution in [0.2, 0.25) is 0 Å². The first-order valence-corrected chi connectivity index (χ1v) is 16.2. The molecule has 0 bridgehead atoms. The Kier molecular flexibility index (Phi) is 10.0. The number of hydrogen-bond acceptors (Lipinski definition) is 8. The summed E-state index contributed by atoms with van der Waals surface area (Å²) in [5.74, 6) is 0.585. The van der Waals surface area contributed by atoms with Gasteiger partial charge in [0, 0.05) is 51.1 Å². The molecule has 0 fully saturated rings. The van der Waals surface area contributed by atoms with Crippen LogP contribution in [0.5, 0.6) is 0 Å². The monoisotopic (exact) mass is 596 g/mol. The summed E-state index contributed by atoms with van der Waals surface area (Å²) in [6, 6.07) is 14.1. The van der Waals surface area contributed by atoms with Crippen molar-refractivity contribution in [3.05, 3.63) is 86.3 Å². The number of nitrogens with two attached hydrogens (primary N) is 1. The molecule has 4 aromatic rings. The quantitative estimate of drug-likeness (QED) is 0.147. The molecule has 2 aromatic carbocycles. The second-order valence-electron chi connectivity index (χ2n) is 10.6. The van der Waals surface area contributed by atoms with Crippen LogP contribution in [0, 0.1) is 0 Å². The molecule has 11 nitrogen and oxygen atoms in total. The van der Waals surface area contributed by atoms with Crippen LogP contribution in [-0.4, -0.2) is 57.7 Å². The first-order chi connectivity index (χ1) is 20.0. The van der Waals surface area contributed by atoms with Crippen LogP contribution >= 0.6 is 0 Å². The third kappa shape index (κ3) is 7.18. The highest BCUT2D eigenvalue weighted by Gasteiger charge is 2.22. The van der Waals surface area contributed by atoms with Crippen LogP contribution in [0.3, 0.4) is 0 Å². The summed E-state index contributed by atoms with van der Waals surface area (Å²) in [5.41, 5.74) is 8.19. The standard InChI is InChI=1S/C30H40N6O5S/c1-4-16-36-29(38)27-28(35(30(36)39)17-14-21-6-10-23(31)11-7-21)33-26(34(27)18-15-32-20-24(37)5-2)19-22-8-12-25(13-9-22)42(3,40)41/h6-13,24,32,37H,4-5,14-20,31H2,1-3H3. The van der Waals surface area contributed by atoms with Crippen LogP contribution in [0.1, 0.15) is 43.6 Å². The molecule has 226 valence electrons. The molecule has 4 rings (SSSR count). The number of benzene rings is 2. The SMILES string of the molecule is CCCn1c(=O)c2c(nc(Cc3ccc(S(C)(=O)=O)cc3)n2CCNCC(O)CC)n(CCc2ccc(N)cc2)c1=O. The van der Waals surface area contributed by atoms with Gasteiger partial charge in [0.25, 0.3) is 5.56 Å². The molecule has 42 heavy (non-hydrogen) atoms. The number of nitrogen functional groups attached to an aromatic ring is 1. The Balaban J connectivity index is 1.81. The van der Waals surface area contributed by atoms with E-state index in [0.717, 1.165) is 17.4 Å². The minimum absolute atomic E-state index is 0.220. The Morgan fingerprint density at radius 1 is 0.929 bits per heavy atom. The van der Waals surface area contributed by atoms with Gasteiger partial charge >= 0.3 is 5.69 Å². The van der Waals surface area contributed by atoms with Gasteiger partial charge in [-0.2, -0.15) is 0 Å². The normalized spacial score (nSPS) is 12.7. The maximum atomic E-state index is 13.8. The molecule has 0 saturated heterocycles. The molecule has 12 heteroatoms. The molecule has 0 aliphatic carbocycles. The molecular formula is C30H40N6O5S. The Labute approximate surface area is 245 Å². The number of aromatic nitrogens is 4. The molecule has 0 radical (unpaired) electrons. The van der Waals surface area contributed by atoms with E-state index < -0.39 is 21.6 Å². The van der Waals surface area contributed by atoms with Crippen molar-refractivity contribution in [2.24, 2.45) is 0 Å². The van der Waals surface area contributed by atoms with Crippen LogP contribution < -0.4 is 22.3 Å². The average molecular weight is 597 g/mol. The molecule has 0 saturated carbocycles. The van der Waals surface area contributed by atoms with Gasteiger partial charge in [-0.1, -0.05) is 38.1 Å². The van der Waals surface area contributed by atoms with Crippen molar-refractivity contribution < 1.29 is 13.5 Å². The number of fused-ring (bicyclic) bond motifs is 1. The van der Waals surface area contributed by atoms with Crippen molar-refractivity contribution in [3.8, 4) is 0 Å². The van der Waals surface area contributed by atoms with Crippen molar-refractivity contribution in [3.63, 3.8) is 0 Å². The highest BCUT2D eigenvalue weighted by molar-refractivity contribution is 7.90. The molecule has 0 spiro atoms. The van der Waals surface area contributed by atoms with Gasteiger partial charge in [-0.05, 0) is 54.7 Å². The minimum atomic E-state index is -3.34. The predicted molar refractivity (Wildman–Crippen MR) is 165 cm³/mol. The van der Waals surface area contributed by atoms with E-state index >= 15 is 0 Å². The Morgan fingerprint density at radius 3 is 2.21 bits per heavy atom. The van der Waals surface area contributed by atoms with Crippen LogP contribution in [-0.2, 0) is 42.3 Å². The van der Waals surface area contributed by atoms with E-state index in [2.05, 4.69) is 5.32 Å². The number of nitrogens with one attached hydrogen (secondary N) is 1. The minimum Gasteiger partial charge on any atom is -0.399 e. The lowest BCUT2D eigenvalue weighted by molar-refractivity contribution is 0.167. The zero-order chi connectivity index (χ0) is 30.4. The fourth-order valence-corrected chi connectivity index (χ4v) is 5.53. The molecule has 2 heterocycles. The van der Waals surface area contributed by atoms with Crippen molar-refractivity contribution in [2.75, 3.05) is 25.1 Å². The second-order valence-corrected chi connectivity index (χ2v) is 12.6. The lowest BCUT2D eigenvalue weighted by Gasteiger charge is -2.14. The summed E-state index contributed by atoms with van der Waals surface area (Å²) in [6.07, 6.45) is 2.80. The molecular weight excluding hydrogens is 556 g/mol. The van der Waals surface area contributed by atoms with Gasteiger partial charge in [0.05, 0.1) is 11.0 Å². The van der Waals surface area contributed by atoms with E-state index in [-0.39, 0.29) is 17.0 Å². The highest BCUT2D eigenvalue weighted by atomic mass is 32.2. The largest absolute Gasteiger partial charge is 0.399 e. The van der Waals surface area contributed by atoms with Crippen molar-refractivity contribution in [1.29, 1.82) is 0 Å². The number of hydrogen-bond donors (Lipinski definition) is 3. The summed E-state index contributed by atoms with van der Waals surface area (Å²) < 4.78 is 28.6. The molecule has 4 N–H and O–H groups in total. The number of anilines is 1. The van der Waals surface area contributed by atoms with Gasteiger partial charge in [0.15, 0.2) is 21.0 Å². The number of aryl methyl sites for hydroxylation is 2. The van der Waals surface area contributed by atoms with Crippen molar-refractivity contribution in [2.45, 2.75) is 70.2 Å². The lowest BCUT2D eigenvalue weighted by Crippen LogP contribution is -2.41. The van der Waals surface area contributed by atoms with Gasteiger partial charge < -0.3 is 20.7 Å². The second kappa shape index (κ2) is 13.5. The molecule has 0 amide bonds.